The standard InChI is InChI=1S/C16H18N2O6/c1-9-13(15(19)22-6-5-21-2)14(18-16(20)17-9)10-3-4-11-12(7-10)24-8-23-11/h3-4,7,13-14H,1,5-6,8H2,2H3,(H2,17,18,20)/t13-,14+/m1/s1. The normalized spacial score (nSPS) is 21.9. The fourth-order valence-corrected chi connectivity index (χ4v) is 2.66. The van der Waals surface area contributed by atoms with Crippen molar-refractivity contribution in [1.29, 1.82) is 0 Å². The van der Waals surface area contributed by atoms with Gasteiger partial charge in [0.05, 0.1) is 12.6 Å². The molecule has 0 unspecified atom stereocenters. The van der Waals surface area contributed by atoms with E-state index in [1.807, 2.05) is 0 Å². The minimum absolute atomic E-state index is 0.126. The first kappa shape index (κ1) is 16.1. The Morgan fingerprint density at radius 2 is 2.12 bits per heavy atom. The smallest absolute Gasteiger partial charge is 0.319 e. The van der Waals surface area contributed by atoms with Crippen LogP contribution >= 0.6 is 0 Å². The van der Waals surface area contributed by atoms with Crippen molar-refractivity contribution < 1.29 is 28.5 Å². The van der Waals surface area contributed by atoms with Gasteiger partial charge in [-0.05, 0) is 17.7 Å². The van der Waals surface area contributed by atoms with Crippen LogP contribution < -0.4 is 20.1 Å². The first-order valence-electron chi connectivity index (χ1n) is 7.41. The zero-order chi connectivity index (χ0) is 17.1. The van der Waals surface area contributed by atoms with E-state index in [2.05, 4.69) is 17.2 Å². The first-order chi connectivity index (χ1) is 11.6. The van der Waals surface area contributed by atoms with Crippen molar-refractivity contribution in [1.82, 2.24) is 10.6 Å². The van der Waals surface area contributed by atoms with Gasteiger partial charge < -0.3 is 29.6 Å². The number of hydrogen-bond donors (Lipinski definition) is 2. The molecule has 0 bridgehead atoms. The highest BCUT2D eigenvalue weighted by atomic mass is 16.7. The minimum Gasteiger partial charge on any atom is -0.463 e. The van der Waals surface area contributed by atoms with Gasteiger partial charge in [0.25, 0.3) is 0 Å². The second kappa shape index (κ2) is 6.79. The lowest BCUT2D eigenvalue weighted by molar-refractivity contribution is -0.149. The van der Waals surface area contributed by atoms with Gasteiger partial charge in [-0.1, -0.05) is 12.6 Å². The van der Waals surface area contributed by atoms with Crippen molar-refractivity contribution in [3.05, 3.63) is 36.0 Å². The third-order valence-corrected chi connectivity index (χ3v) is 3.81. The third-order valence-electron chi connectivity index (χ3n) is 3.81. The summed E-state index contributed by atoms with van der Waals surface area (Å²) in [5, 5.41) is 5.26. The number of nitrogens with one attached hydrogen (secondary N) is 2. The first-order valence-corrected chi connectivity index (χ1v) is 7.41. The quantitative estimate of drug-likeness (QED) is 0.618. The van der Waals surface area contributed by atoms with E-state index in [4.69, 9.17) is 18.9 Å². The van der Waals surface area contributed by atoms with E-state index in [0.29, 0.717) is 23.7 Å². The molecule has 1 fully saturated rings. The Kier molecular flexibility index (Phi) is 4.57. The van der Waals surface area contributed by atoms with Crippen molar-refractivity contribution >= 4 is 12.0 Å². The number of ether oxygens (including phenoxy) is 4. The van der Waals surface area contributed by atoms with Gasteiger partial charge >= 0.3 is 12.0 Å². The SMILES string of the molecule is C=C1NC(=O)N[C@@H](c2ccc3c(c2)OCO3)[C@@H]1C(=O)OCCOC. The van der Waals surface area contributed by atoms with Crippen LogP contribution in [0.1, 0.15) is 11.6 Å². The molecule has 0 radical (unpaired) electrons. The van der Waals surface area contributed by atoms with Crippen molar-refractivity contribution in [3.8, 4) is 11.5 Å². The maximum Gasteiger partial charge on any atom is 0.319 e. The predicted octanol–water partition coefficient (Wildman–Crippen LogP) is 1.09. The number of benzene rings is 1. The van der Waals surface area contributed by atoms with Gasteiger partial charge in [-0.25, -0.2) is 4.79 Å². The highest BCUT2D eigenvalue weighted by molar-refractivity contribution is 5.85. The molecule has 2 N–H and O–H groups in total. The molecular formula is C16H18N2O6. The largest absolute Gasteiger partial charge is 0.463 e. The third kappa shape index (κ3) is 3.13. The Morgan fingerprint density at radius 1 is 1.33 bits per heavy atom. The van der Waals surface area contributed by atoms with Crippen molar-refractivity contribution in [2.24, 2.45) is 5.92 Å². The van der Waals surface area contributed by atoms with E-state index in [1.54, 1.807) is 18.2 Å². The molecular weight excluding hydrogens is 316 g/mol. The molecule has 24 heavy (non-hydrogen) atoms. The van der Waals surface area contributed by atoms with E-state index in [-0.39, 0.29) is 19.1 Å². The highest BCUT2D eigenvalue weighted by Crippen LogP contribution is 2.37. The van der Waals surface area contributed by atoms with Gasteiger partial charge in [-0.15, -0.1) is 0 Å². The second-order valence-corrected chi connectivity index (χ2v) is 5.35. The molecule has 2 aliphatic heterocycles. The Morgan fingerprint density at radius 3 is 2.92 bits per heavy atom. The average Bonchev–Trinajstić information content (AvgIpc) is 3.01. The molecule has 2 heterocycles. The molecule has 0 aliphatic carbocycles. The molecule has 2 aliphatic rings. The summed E-state index contributed by atoms with van der Waals surface area (Å²) in [5.74, 6) is -0.0680. The van der Waals surface area contributed by atoms with E-state index in [9.17, 15) is 9.59 Å². The average molecular weight is 334 g/mol. The van der Waals surface area contributed by atoms with Crippen molar-refractivity contribution in [2.75, 3.05) is 27.1 Å². The molecule has 1 aromatic rings. The number of urea groups is 1. The highest BCUT2D eigenvalue weighted by Gasteiger charge is 2.39. The molecule has 1 saturated heterocycles. The van der Waals surface area contributed by atoms with Gasteiger partial charge in [-0.2, -0.15) is 0 Å². The van der Waals surface area contributed by atoms with E-state index in [1.165, 1.54) is 7.11 Å². The van der Waals surface area contributed by atoms with Crippen LogP contribution in [-0.2, 0) is 14.3 Å². The van der Waals surface area contributed by atoms with E-state index in [0.717, 1.165) is 0 Å². The van der Waals surface area contributed by atoms with E-state index >= 15 is 0 Å². The van der Waals surface area contributed by atoms with Crippen molar-refractivity contribution in [3.63, 3.8) is 0 Å². The van der Waals surface area contributed by atoms with Crippen LogP contribution in [0.3, 0.4) is 0 Å². The maximum atomic E-state index is 12.4. The van der Waals surface area contributed by atoms with Gasteiger partial charge in [0.1, 0.15) is 12.5 Å². The number of methoxy groups -OCH3 is 1. The fraction of sp³-hybridized carbons (Fsp3) is 0.375. The van der Waals surface area contributed by atoms with Gasteiger partial charge in [-0.3, -0.25) is 4.79 Å². The molecule has 8 heteroatoms. The number of hydrogen-bond acceptors (Lipinski definition) is 6. The topological polar surface area (TPSA) is 95.1 Å². The van der Waals surface area contributed by atoms with Gasteiger partial charge in [0.2, 0.25) is 6.79 Å². The molecule has 0 saturated carbocycles. The minimum atomic E-state index is -0.764. The Bertz CT molecular complexity index is 675. The van der Waals surface area contributed by atoms with Gasteiger partial charge in [0, 0.05) is 12.8 Å². The summed E-state index contributed by atoms with van der Waals surface area (Å²) in [6.07, 6.45) is 0. The summed E-state index contributed by atoms with van der Waals surface area (Å²) in [4.78, 5) is 24.2. The van der Waals surface area contributed by atoms with Crippen LogP contribution in [0.2, 0.25) is 0 Å². The number of esters is 1. The monoisotopic (exact) mass is 334 g/mol. The summed E-state index contributed by atoms with van der Waals surface area (Å²) in [5.41, 5.74) is 0.979. The number of carbonyl (C=O) groups is 2. The van der Waals surface area contributed by atoms with Crippen LogP contribution in [-0.4, -0.2) is 39.1 Å². The zero-order valence-corrected chi connectivity index (χ0v) is 13.2. The number of amides is 2. The van der Waals surface area contributed by atoms with Crippen LogP contribution in [0.15, 0.2) is 30.5 Å². The lowest BCUT2D eigenvalue weighted by Gasteiger charge is -2.33. The molecule has 2 amide bonds. The van der Waals surface area contributed by atoms with Gasteiger partial charge in [0.15, 0.2) is 11.5 Å². The lowest BCUT2D eigenvalue weighted by Crippen LogP contribution is -2.51. The van der Waals surface area contributed by atoms with Crippen molar-refractivity contribution in [2.45, 2.75) is 6.04 Å². The molecule has 3 rings (SSSR count). The molecule has 0 spiro atoms. The maximum absolute atomic E-state index is 12.4. The molecule has 0 aromatic heterocycles. The second-order valence-electron chi connectivity index (χ2n) is 5.35. The molecule has 8 nitrogen and oxygen atoms in total. The summed E-state index contributed by atoms with van der Waals surface area (Å²) < 4.78 is 20.7. The van der Waals surface area contributed by atoms with Crippen LogP contribution in [0.5, 0.6) is 11.5 Å². The Balaban J connectivity index is 1.85. The predicted molar refractivity (Wildman–Crippen MR) is 82.4 cm³/mol. The molecule has 128 valence electrons. The summed E-state index contributed by atoms with van der Waals surface area (Å²) in [6, 6.07) is 4.20. The molecule has 2 atom stereocenters. The fourth-order valence-electron chi connectivity index (χ4n) is 2.66. The number of rotatable bonds is 5. The number of fused-ring (bicyclic) bond motifs is 1. The lowest BCUT2D eigenvalue weighted by atomic mass is 9.89. The van der Waals surface area contributed by atoms with E-state index < -0.39 is 24.0 Å². The van der Waals surface area contributed by atoms with Crippen LogP contribution in [0.25, 0.3) is 0 Å². The number of carbonyl (C=O) groups excluding carboxylic acids is 2. The summed E-state index contributed by atoms with van der Waals surface area (Å²) in [6.45, 7) is 4.35. The molecule has 1 aromatic carbocycles. The Labute approximate surface area is 138 Å². The Hall–Kier alpha value is -2.74. The van der Waals surface area contributed by atoms with Crippen LogP contribution in [0.4, 0.5) is 4.79 Å². The zero-order valence-electron chi connectivity index (χ0n) is 13.2. The summed E-state index contributed by atoms with van der Waals surface area (Å²) >= 11 is 0. The van der Waals surface area contributed by atoms with Crippen LogP contribution in [0, 0.1) is 5.92 Å². The summed E-state index contributed by atoms with van der Waals surface area (Å²) in [7, 11) is 1.52.